The van der Waals surface area contributed by atoms with Crippen LogP contribution < -0.4 is 0 Å². The lowest BCUT2D eigenvalue weighted by atomic mass is 10.0. The SMILES string of the molecule is CCCC/C(=N/OC(C)=O)C(C)C. The van der Waals surface area contributed by atoms with Crippen LogP contribution in [-0.2, 0) is 9.63 Å². The van der Waals surface area contributed by atoms with Crippen LogP contribution in [0.4, 0.5) is 0 Å². The Hall–Kier alpha value is -0.860. The van der Waals surface area contributed by atoms with Crippen molar-refractivity contribution in [1.82, 2.24) is 0 Å². The van der Waals surface area contributed by atoms with Gasteiger partial charge in [-0.25, -0.2) is 4.79 Å². The second-order valence-corrected chi connectivity index (χ2v) is 3.42. The summed E-state index contributed by atoms with van der Waals surface area (Å²) in [4.78, 5) is 15.1. The summed E-state index contributed by atoms with van der Waals surface area (Å²) >= 11 is 0. The highest BCUT2D eigenvalue weighted by atomic mass is 16.7. The van der Waals surface area contributed by atoms with Crippen LogP contribution in [0.3, 0.4) is 0 Å². The maximum Gasteiger partial charge on any atom is 0.331 e. The average molecular weight is 185 g/mol. The van der Waals surface area contributed by atoms with Crippen LogP contribution in [0.25, 0.3) is 0 Å². The monoisotopic (exact) mass is 185 g/mol. The minimum absolute atomic E-state index is 0.352. The summed E-state index contributed by atoms with van der Waals surface area (Å²) in [5, 5.41) is 3.83. The van der Waals surface area contributed by atoms with E-state index in [9.17, 15) is 4.79 Å². The van der Waals surface area contributed by atoms with E-state index in [-0.39, 0.29) is 5.97 Å². The molecule has 0 bridgehead atoms. The van der Waals surface area contributed by atoms with Gasteiger partial charge in [-0.05, 0) is 18.8 Å². The first-order valence-corrected chi connectivity index (χ1v) is 4.82. The van der Waals surface area contributed by atoms with Crippen LogP contribution >= 0.6 is 0 Å². The minimum Gasteiger partial charge on any atom is -0.319 e. The van der Waals surface area contributed by atoms with Crippen molar-refractivity contribution in [3.05, 3.63) is 0 Å². The van der Waals surface area contributed by atoms with Crippen molar-refractivity contribution in [3.63, 3.8) is 0 Å². The summed E-state index contributed by atoms with van der Waals surface area (Å²) in [6.45, 7) is 7.60. The van der Waals surface area contributed by atoms with E-state index in [0.29, 0.717) is 5.92 Å². The molecule has 0 aromatic carbocycles. The molecule has 0 aromatic heterocycles. The maximum absolute atomic E-state index is 10.5. The molecule has 3 nitrogen and oxygen atoms in total. The average Bonchev–Trinajstić information content (AvgIpc) is 2.03. The van der Waals surface area contributed by atoms with Gasteiger partial charge in [0.1, 0.15) is 0 Å². The van der Waals surface area contributed by atoms with Crippen molar-refractivity contribution >= 4 is 11.7 Å². The lowest BCUT2D eigenvalue weighted by Gasteiger charge is -2.07. The number of rotatable bonds is 5. The Morgan fingerprint density at radius 1 is 1.46 bits per heavy atom. The third-order valence-electron chi connectivity index (χ3n) is 1.74. The first-order valence-electron chi connectivity index (χ1n) is 4.82. The van der Waals surface area contributed by atoms with E-state index in [4.69, 9.17) is 0 Å². The quantitative estimate of drug-likeness (QED) is 0.375. The normalized spacial score (nSPS) is 11.9. The van der Waals surface area contributed by atoms with Gasteiger partial charge in [0, 0.05) is 6.92 Å². The van der Waals surface area contributed by atoms with E-state index in [1.165, 1.54) is 6.92 Å². The Kier molecular flexibility index (Phi) is 6.20. The number of oxime groups is 1. The molecule has 0 atom stereocenters. The molecule has 0 amide bonds. The third-order valence-corrected chi connectivity index (χ3v) is 1.74. The molecule has 0 N–H and O–H groups in total. The Bertz CT molecular complexity index is 185. The largest absolute Gasteiger partial charge is 0.331 e. The summed E-state index contributed by atoms with van der Waals surface area (Å²) < 4.78 is 0. The van der Waals surface area contributed by atoms with Crippen LogP contribution in [0.2, 0.25) is 0 Å². The molecule has 0 heterocycles. The number of hydrogen-bond acceptors (Lipinski definition) is 3. The van der Waals surface area contributed by atoms with Gasteiger partial charge in [-0.2, -0.15) is 0 Å². The van der Waals surface area contributed by atoms with Crippen LogP contribution in [0, 0.1) is 5.92 Å². The number of nitrogens with zero attached hydrogens (tertiary/aromatic N) is 1. The highest BCUT2D eigenvalue weighted by Gasteiger charge is 2.05. The highest BCUT2D eigenvalue weighted by Crippen LogP contribution is 2.06. The Morgan fingerprint density at radius 2 is 2.08 bits per heavy atom. The van der Waals surface area contributed by atoms with E-state index in [1.54, 1.807) is 0 Å². The molecule has 0 rings (SSSR count). The fourth-order valence-corrected chi connectivity index (χ4v) is 0.921. The summed E-state index contributed by atoms with van der Waals surface area (Å²) in [5.74, 6) is 0.000508. The van der Waals surface area contributed by atoms with Gasteiger partial charge in [-0.1, -0.05) is 32.3 Å². The first-order chi connectivity index (χ1) is 6.07. The predicted octanol–water partition coefficient (Wildman–Crippen LogP) is 2.75. The van der Waals surface area contributed by atoms with Crippen molar-refractivity contribution in [2.45, 2.75) is 47.0 Å². The van der Waals surface area contributed by atoms with Crippen LogP contribution in [0.1, 0.15) is 47.0 Å². The molecule has 0 radical (unpaired) electrons. The van der Waals surface area contributed by atoms with Gasteiger partial charge in [-0.3, -0.25) is 0 Å². The smallest absolute Gasteiger partial charge is 0.319 e. The molecule has 0 aromatic rings. The van der Waals surface area contributed by atoms with Crippen molar-refractivity contribution in [2.24, 2.45) is 11.1 Å². The Labute approximate surface area is 80.1 Å². The number of hydrogen-bond donors (Lipinski definition) is 0. The van der Waals surface area contributed by atoms with Gasteiger partial charge in [0.25, 0.3) is 0 Å². The van der Waals surface area contributed by atoms with E-state index < -0.39 is 0 Å². The van der Waals surface area contributed by atoms with E-state index >= 15 is 0 Å². The van der Waals surface area contributed by atoms with Crippen molar-refractivity contribution in [2.75, 3.05) is 0 Å². The van der Waals surface area contributed by atoms with Crippen LogP contribution in [0.5, 0.6) is 0 Å². The fraction of sp³-hybridized carbons (Fsp3) is 0.800. The molecule has 0 fully saturated rings. The van der Waals surface area contributed by atoms with Crippen molar-refractivity contribution in [1.29, 1.82) is 0 Å². The van der Waals surface area contributed by atoms with Gasteiger partial charge in [0.2, 0.25) is 0 Å². The summed E-state index contributed by atoms with van der Waals surface area (Å²) in [6.07, 6.45) is 3.14. The van der Waals surface area contributed by atoms with Gasteiger partial charge >= 0.3 is 5.97 Å². The van der Waals surface area contributed by atoms with E-state index in [2.05, 4.69) is 30.8 Å². The van der Waals surface area contributed by atoms with E-state index in [1.807, 2.05) is 0 Å². The number of unbranched alkanes of at least 4 members (excludes halogenated alkanes) is 1. The second-order valence-electron chi connectivity index (χ2n) is 3.42. The minimum atomic E-state index is -0.352. The maximum atomic E-state index is 10.5. The zero-order valence-electron chi connectivity index (χ0n) is 8.96. The predicted molar refractivity (Wildman–Crippen MR) is 53.6 cm³/mol. The molecule has 0 spiro atoms. The molecule has 0 saturated carbocycles. The topological polar surface area (TPSA) is 38.7 Å². The lowest BCUT2D eigenvalue weighted by molar-refractivity contribution is -0.141. The molecule has 76 valence electrons. The number of carbonyl (C=O) groups excluding carboxylic acids is 1. The fourth-order valence-electron chi connectivity index (χ4n) is 0.921. The summed E-state index contributed by atoms with van der Waals surface area (Å²) in [5.41, 5.74) is 0.969. The highest BCUT2D eigenvalue weighted by molar-refractivity contribution is 5.86. The lowest BCUT2D eigenvalue weighted by Crippen LogP contribution is -2.09. The van der Waals surface area contributed by atoms with Crippen molar-refractivity contribution < 1.29 is 9.63 Å². The summed E-state index contributed by atoms with van der Waals surface area (Å²) in [6, 6.07) is 0. The molecule has 0 aliphatic heterocycles. The molecule has 13 heavy (non-hydrogen) atoms. The molecule has 0 aliphatic carbocycles. The number of carbonyl (C=O) groups is 1. The Morgan fingerprint density at radius 3 is 2.46 bits per heavy atom. The molecule has 0 unspecified atom stereocenters. The zero-order chi connectivity index (χ0) is 10.3. The van der Waals surface area contributed by atoms with Gasteiger partial charge in [-0.15, -0.1) is 0 Å². The van der Waals surface area contributed by atoms with Gasteiger partial charge < -0.3 is 4.84 Å². The van der Waals surface area contributed by atoms with Gasteiger partial charge in [0.05, 0.1) is 5.71 Å². The molecule has 3 heteroatoms. The molecule has 0 aliphatic rings. The van der Waals surface area contributed by atoms with Crippen LogP contribution in [-0.4, -0.2) is 11.7 Å². The van der Waals surface area contributed by atoms with Crippen molar-refractivity contribution in [3.8, 4) is 0 Å². The molecular weight excluding hydrogens is 166 g/mol. The third kappa shape index (κ3) is 6.31. The Balaban J connectivity index is 4.06. The first kappa shape index (κ1) is 12.1. The second kappa shape index (κ2) is 6.63. The molecular formula is C10H19NO2. The van der Waals surface area contributed by atoms with Crippen LogP contribution in [0.15, 0.2) is 5.16 Å². The molecule has 0 saturated heterocycles. The van der Waals surface area contributed by atoms with E-state index in [0.717, 1.165) is 25.0 Å². The standard InChI is InChI=1S/C10H19NO2/c1-5-6-7-10(8(2)3)11-13-9(4)12/h8H,5-7H2,1-4H3/b11-10-. The zero-order valence-corrected chi connectivity index (χ0v) is 8.96. The summed E-state index contributed by atoms with van der Waals surface area (Å²) in [7, 11) is 0. The van der Waals surface area contributed by atoms with Gasteiger partial charge in [0.15, 0.2) is 0 Å².